The van der Waals surface area contributed by atoms with Crippen molar-refractivity contribution in [3.63, 3.8) is 0 Å². The third-order valence-corrected chi connectivity index (χ3v) is 2.56. The van der Waals surface area contributed by atoms with Crippen LogP contribution in [0.3, 0.4) is 0 Å². The molecule has 0 fully saturated rings. The summed E-state index contributed by atoms with van der Waals surface area (Å²) in [5, 5.41) is 6.39. The normalized spacial score (nSPS) is 11.3. The summed E-state index contributed by atoms with van der Waals surface area (Å²) < 4.78 is 10.2. The van der Waals surface area contributed by atoms with Crippen molar-refractivity contribution in [1.29, 1.82) is 0 Å². The number of amides is 1. The first-order chi connectivity index (χ1) is 10.2. The maximum Gasteiger partial charge on any atom is 0.408 e. The van der Waals surface area contributed by atoms with Gasteiger partial charge in [-0.15, -0.1) is 0 Å². The maximum atomic E-state index is 11.6. The summed E-state index contributed by atoms with van der Waals surface area (Å²) in [5.41, 5.74) is 7.08. The molecule has 0 spiro atoms. The molecule has 0 aliphatic heterocycles. The Labute approximate surface area is 128 Å². The summed E-state index contributed by atoms with van der Waals surface area (Å²) in [5.74, 6) is 0.609. The molecule has 8 nitrogen and oxygen atoms in total. The molecule has 1 amide bonds. The van der Waals surface area contributed by atoms with Crippen molar-refractivity contribution in [2.75, 3.05) is 5.73 Å². The molecule has 0 saturated carbocycles. The van der Waals surface area contributed by atoms with Gasteiger partial charge in [0.25, 0.3) is 0 Å². The second kappa shape index (κ2) is 6.00. The zero-order valence-corrected chi connectivity index (χ0v) is 13.0. The van der Waals surface area contributed by atoms with E-state index in [9.17, 15) is 4.79 Å². The number of nitrogens with one attached hydrogen (secondary N) is 1. The lowest BCUT2D eigenvalue weighted by atomic mass is 10.2. The van der Waals surface area contributed by atoms with E-state index in [4.69, 9.17) is 15.0 Å². The van der Waals surface area contributed by atoms with Crippen LogP contribution in [0.25, 0.3) is 11.5 Å². The van der Waals surface area contributed by atoms with E-state index in [1.54, 1.807) is 26.8 Å². The van der Waals surface area contributed by atoms with Crippen LogP contribution in [0, 0.1) is 6.92 Å². The topological polar surface area (TPSA) is 116 Å². The van der Waals surface area contributed by atoms with Gasteiger partial charge >= 0.3 is 6.09 Å². The van der Waals surface area contributed by atoms with Gasteiger partial charge in [0.15, 0.2) is 0 Å². The number of nitrogens with two attached hydrogens (primary N) is 1. The Morgan fingerprint density at radius 3 is 2.82 bits per heavy atom. The Kier molecular flexibility index (Phi) is 4.30. The molecule has 0 bridgehead atoms. The van der Waals surface area contributed by atoms with Crippen LogP contribution in [0.5, 0.6) is 0 Å². The largest absolute Gasteiger partial charge is 0.444 e. The lowest BCUT2D eigenvalue weighted by Crippen LogP contribution is -2.32. The van der Waals surface area contributed by atoms with Crippen LogP contribution in [-0.2, 0) is 11.3 Å². The standard InChI is InChI=1S/C14H19N5O3/c1-8-5-9(15)6-16-11(8)12-18-10(22-19-12)7-17-13(20)21-14(2,3)4/h5-6H,7,15H2,1-4H3,(H,17,20). The molecule has 2 heterocycles. The number of rotatable bonds is 3. The molecule has 0 radical (unpaired) electrons. The lowest BCUT2D eigenvalue weighted by Gasteiger charge is -2.19. The summed E-state index contributed by atoms with van der Waals surface area (Å²) in [6, 6.07) is 1.78. The van der Waals surface area contributed by atoms with Crippen molar-refractivity contribution in [2.24, 2.45) is 0 Å². The highest BCUT2D eigenvalue weighted by molar-refractivity contribution is 5.67. The first-order valence-corrected chi connectivity index (χ1v) is 6.76. The fourth-order valence-corrected chi connectivity index (χ4v) is 1.72. The average Bonchev–Trinajstić information content (AvgIpc) is 2.83. The number of hydrogen-bond donors (Lipinski definition) is 2. The first-order valence-electron chi connectivity index (χ1n) is 6.76. The molecule has 0 unspecified atom stereocenters. The number of carbonyl (C=O) groups is 1. The molecule has 2 aromatic rings. The van der Waals surface area contributed by atoms with E-state index in [0.29, 0.717) is 17.2 Å². The number of alkyl carbamates (subject to hydrolysis) is 1. The van der Waals surface area contributed by atoms with Gasteiger partial charge in [0, 0.05) is 0 Å². The maximum absolute atomic E-state index is 11.6. The van der Waals surface area contributed by atoms with E-state index in [1.807, 2.05) is 6.92 Å². The minimum atomic E-state index is -0.560. The van der Waals surface area contributed by atoms with Crippen molar-refractivity contribution in [3.05, 3.63) is 23.7 Å². The third kappa shape index (κ3) is 4.18. The molecule has 0 atom stereocenters. The quantitative estimate of drug-likeness (QED) is 0.891. The van der Waals surface area contributed by atoms with Gasteiger partial charge in [-0.1, -0.05) is 5.16 Å². The highest BCUT2D eigenvalue weighted by atomic mass is 16.6. The number of nitrogen functional groups attached to an aromatic ring is 1. The number of nitrogens with zero attached hydrogens (tertiary/aromatic N) is 3. The number of aromatic nitrogens is 3. The molecule has 3 N–H and O–H groups in total. The second-order valence-electron chi connectivity index (χ2n) is 5.80. The zero-order chi connectivity index (χ0) is 16.3. The van der Waals surface area contributed by atoms with Gasteiger partial charge in [-0.3, -0.25) is 4.98 Å². The van der Waals surface area contributed by atoms with E-state index >= 15 is 0 Å². The van der Waals surface area contributed by atoms with Crippen LogP contribution < -0.4 is 11.1 Å². The van der Waals surface area contributed by atoms with E-state index in [0.717, 1.165) is 5.56 Å². The number of hydrogen-bond acceptors (Lipinski definition) is 7. The van der Waals surface area contributed by atoms with Gasteiger partial charge in [0.05, 0.1) is 11.9 Å². The Bertz CT molecular complexity index is 675. The number of anilines is 1. The van der Waals surface area contributed by atoms with Crippen LogP contribution in [-0.4, -0.2) is 26.8 Å². The number of carbonyl (C=O) groups excluding carboxylic acids is 1. The van der Waals surface area contributed by atoms with Crippen molar-refractivity contribution in [3.8, 4) is 11.5 Å². The van der Waals surface area contributed by atoms with Gasteiger partial charge in [0.1, 0.15) is 17.8 Å². The fraction of sp³-hybridized carbons (Fsp3) is 0.429. The van der Waals surface area contributed by atoms with Crippen LogP contribution in [0.15, 0.2) is 16.8 Å². The molecule has 0 aliphatic carbocycles. The molecular formula is C14H19N5O3. The van der Waals surface area contributed by atoms with Gasteiger partial charge in [-0.2, -0.15) is 4.98 Å². The molecule has 2 rings (SSSR count). The number of pyridine rings is 1. The number of ether oxygens (including phenoxy) is 1. The molecule has 22 heavy (non-hydrogen) atoms. The SMILES string of the molecule is Cc1cc(N)cnc1-c1noc(CNC(=O)OC(C)(C)C)n1. The summed E-state index contributed by atoms with van der Waals surface area (Å²) in [6.07, 6.45) is 0.978. The lowest BCUT2D eigenvalue weighted by molar-refractivity contribution is 0.0518. The van der Waals surface area contributed by atoms with Crippen LogP contribution in [0.1, 0.15) is 32.2 Å². The minimum Gasteiger partial charge on any atom is -0.444 e. The summed E-state index contributed by atoms with van der Waals surface area (Å²) >= 11 is 0. The Balaban J connectivity index is 2.01. The van der Waals surface area contributed by atoms with E-state index < -0.39 is 11.7 Å². The third-order valence-electron chi connectivity index (χ3n) is 2.56. The summed E-state index contributed by atoms with van der Waals surface area (Å²) in [6.45, 7) is 7.29. The fourth-order valence-electron chi connectivity index (χ4n) is 1.72. The molecule has 0 saturated heterocycles. The molecule has 2 aromatic heterocycles. The molecule has 8 heteroatoms. The van der Waals surface area contributed by atoms with Crippen molar-refractivity contribution in [2.45, 2.75) is 39.8 Å². The van der Waals surface area contributed by atoms with E-state index in [1.165, 1.54) is 6.20 Å². The summed E-state index contributed by atoms with van der Waals surface area (Å²) in [7, 11) is 0. The Morgan fingerprint density at radius 1 is 1.45 bits per heavy atom. The molecular weight excluding hydrogens is 286 g/mol. The van der Waals surface area contributed by atoms with Crippen molar-refractivity contribution >= 4 is 11.8 Å². The van der Waals surface area contributed by atoms with Crippen LogP contribution in [0.2, 0.25) is 0 Å². The predicted molar refractivity (Wildman–Crippen MR) is 79.8 cm³/mol. The van der Waals surface area contributed by atoms with E-state index in [-0.39, 0.29) is 12.4 Å². The number of aryl methyl sites for hydroxylation is 1. The molecule has 0 aliphatic rings. The molecule has 118 valence electrons. The van der Waals surface area contributed by atoms with Gasteiger partial charge in [-0.05, 0) is 39.3 Å². The Morgan fingerprint density at radius 2 is 2.18 bits per heavy atom. The second-order valence-corrected chi connectivity index (χ2v) is 5.80. The predicted octanol–water partition coefficient (Wildman–Crippen LogP) is 2.05. The first kappa shape index (κ1) is 15.7. The van der Waals surface area contributed by atoms with Crippen molar-refractivity contribution < 1.29 is 14.1 Å². The van der Waals surface area contributed by atoms with Gasteiger partial charge in [-0.25, -0.2) is 4.79 Å². The monoisotopic (exact) mass is 305 g/mol. The Hall–Kier alpha value is -2.64. The zero-order valence-electron chi connectivity index (χ0n) is 13.0. The average molecular weight is 305 g/mol. The highest BCUT2D eigenvalue weighted by Gasteiger charge is 2.17. The highest BCUT2D eigenvalue weighted by Crippen LogP contribution is 2.19. The minimum absolute atomic E-state index is 0.0793. The van der Waals surface area contributed by atoms with Crippen molar-refractivity contribution in [1.82, 2.24) is 20.4 Å². The van der Waals surface area contributed by atoms with Crippen LogP contribution in [0.4, 0.5) is 10.5 Å². The van der Waals surface area contributed by atoms with Gasteiger partial charge < -0.3 is 20.3 Å². The van der Waals surface area contributed by atoms with Crippen LogP contribution >= 0.6 is 0 Å². The molecule has 0 aromatic carbocycles. The summed E-state index contributed by atoms with van der Waals surface area (Å²) in [4.78, 5) is 19.9. The smallest absolute Gasteiger partial charge is 0.408 e. The van der Waals surface area contributed by atoms with Gasteiger partial charge in [0.2, 0.25) is 11.7 Å². The van der Waals surface area contributed by atoms with E-state index in [2.05, 4.69) is 20.4 Å².